The summed E-state index contributed by atoms with van der Waals surface area (Å²) in [5, 5.41) is 1.93. The number of nitrogens with zero attached hydrogens (tertiary/aromatic N) is 4. The standard InChI is InChI=1S/C17H20N4O2S/c22-16(15-4-3-11-24-15)21-9-10-23-14(12-21)13-5-6-18-17(19-13)20-7-1-2-8-20/h3-6,11,14H,1-2,7-10,12H2. The van der Waals surface area contributed by atoms with E-state index >= 15 is 0 Å². The van der Waals surface area contributed by atoms with E-state index in [0.29, 0.717) is 19.7 Å². The molecule has 0 radical (unpaired) electrons. The Bertz CT molecular complexity index is 700. The molecule has 2 aliphatic rings. The molecule has 7 heteroatoms. The van der Waals surface area contributed by atoms with Gasteiger partial charge in [0.2, 0.25) is 5.95 Å². The molecule has 4 heterocycles. The lowest BCUT2D eigenvalue weighted by Crippen LogP contribution is -2.42. The van der Waals surface area contributed by atoms with Gasteiger partial charge in [-0.05, 0) is 30.4 Å². The van der Waals surface area contributed by atoms with Gasteiger partial charge in [-0.15, -0.1) is 11.3 Å². The van der Waals surface area contributed by atoms with Crippen LogP contribution in [0.2, 0.25) is 0 Å². The van der Waals surface area contributed by atoms with Crippen LogP contribution in [-0.4, -0.2) is 53.6 Å². The van der Waals surface area contributed by atoms with Gasteiger partial charge in [-0.3, -0.25) is 4.79 Å². The molecule has 6 nitrogen and oxygen atoms in total. The Balaban J connectivity index is 1.49. The number of aromatic nitrogens is 2. The first-order valence-corrected chi connectivity index (χ1v) is 9.21. The molecule has 0 N–H and O–H groups in total. The second-order valence-corrected chi connectivity index (χ2v) is 7.01. The van der Waals surface area contributed by atoms with Gasteiger partial charge in [0.05, 0.1) is 23.7 Å². The van der Waals surface area contributed by atoms with Gasteiger partial charge in [0, 0.05) is 25.8 Å². The summed E-state index contributed by atoms with van der Waals surface area (Å²) < 4.78 is 5.88. The van der Waals surface area contributed by atoms with Crippen LogP contribution in [0.25, 0.3) is 0 Å². The third-order valence-electron chi connectivity index (χ3n) is 4.47. The van der Waals surface area contributed by atoms with Crippen LogP contribution >= 0.6 is 11.3 Å². The zero-order chi connectivity index (χ0) is 16.4. The van der Waals surface area contributed by atoms with E-state index in [1.807, 2.05) is 28.5 Å². The fourth-order valence-electron chi connectivity index (χ4n) is 3.18. The number of carbonyl (C=O) groups excluding carboxylic acids is 1. The predicted molar refractivity (Wildman–Crippen MR) is 92.4 cm³/mol. The van der Waals surface area contributed by atoms with E-state index in [1.165, 1.54) is 24.2 Å². The average molecular weight is 344 g/mol. The van der Waals surface area contributed by atoms with E-state index in [9.17, 15) is 4.79 Å². The molecule has 2 aromatic rings. The Morgan fingerprint density at radius 2 is 2.12 bits per heavy atom. The number of morpholine rings is 1. The van der Waals surface area contributed by atoms with Gasteiger partial charge in [0.15, 0.2) is 0 Å². The van der Waals surface area contributed by atoms with Crippen molar-refractivity contribution in [2.24, 2.45) is 0 Å². The van der Waals surface area contributed by atoms with E-state index in [2.05, 4.69) is 14.9 Å². The SMILES string of the molecule is O=C(c1cccs1)N1CCOC(c2ccnc(N3CCCC3)n2)C1. The van der Waals surface area contributed by atoms with Crippen LogP contribution in [0.5, 0.6) is 0 Å². The van der Waals surface area contributed by atoms with Gasteiger partial charge < -0.3 is 14.5 Å². The number of rotatable bonds is 3. The molecule has 0 aliphatic carbocycles. The van der Waals surface area contributed by atoms with Gasteiger partial charge in [0.25, 0.3) is 5.91 Å². The minimum atomic E-state index is -0.188. The number of hydrogen-bond donors (Lipinski definition) is 0. The zero-order valence-electron chi connectivity index (χ0n) is 13.4. The van der Waals surface area contributed by atoms with Crippen molar-refractivity contribution in [2.45, 2.75) is 18.9 Å². The first kappa shape index (κ1) is 15.5. The van der Waals surface area contributed by atoms with E-state index < -0.39 is 0 Å². The molecule has 2 aliphatic heterocycles. The topological polar surface area (TPSA) is 58.6 Å². The highest BCUT2D eigenvalue weighted by molar-refractivity contribution is 7.12. The van der Waals surface area contributed by atoms with Crippen LogP contribution in [0, 0.1) is 0 Å². The number of thiophene rings is 1. The summed E-state index contributed by atoms with van der Waals surface area (Å²) in [4.78, 5) is 26.5. The number of anilines is 1. The molecular formula is C17H20N4O2S. The summed E-state index contributed by atoms with van der Waals surface area (Å²) in [6, 6.07) is 5.67. The van der Waals surface area contributed by atoms with E-state index in [4.69, 9.17) is 4.74 Å². The fraction of sp³-hybridized carbons (Fsp3) is 0.471. The maximum atomic E-state index is 12.6. The molecule has 2 saturated heterocycles. The Kier molecular flexibility index (Phi) is 4.44. The van der Waals surface area contributed by atoms with Crippen molar-refractivity contribution < 1.29 is 9.53 Å². The molecule has 1 unspecified atom stereocenters. The van der Waals surface area contributed by atoms with Crippen LogP contribution in [0.4, 0.5) is 5.95 Å². The summed E-state index contributed by atoms with van der Waals surface area (Å²) in [6.45, 7) is 3.71. The number of hydrogen-bond acceptors (Lipinski definition) is 6. The van der Waals surface area contributed by atoms with E-state index in [1.54, 1.807) is 6.20 Å². The van der Waals surface area contributed by atoms with Crippen LogP contribution < -0.4 is 4.90 Å². The number of amides is 1. The Morgan fingerprint density at radius 3 is 2.92 bits per heavy atom. The maximum absolute atomic E-state index is 12.6. The van der Waals surface area contributed by atoms with Crippen LogP contribution in [0.3, 0.4) is 0 Å². The van der Waals surface area contributed by atoms with Gasteiger partial charge in [-0.1, -0.05) is 6.07 Å². The highest BCUT2D eigenvalue weighted by Crippen LogP contribution is 2.24. The highest BCUT2D eigenvalue weighted by atomic mass is 32.1. The molecule has 126 valence electrons. The smallest absolute Gasteiger partial charge is 0.264 e. The monoisotopic (exact) mass is 344 g/mol. The molecule has 24 heavy (non-hydrogen) atoms. The van der Waals surface area contributed by atoms with Gasteiger partial charge >= 0.3 is 0 Å². The zero-order valence-corrected chi connectivity index (χ0v) is 14.2. The van der Waals surface area contributed by atoms with Gasteiger partial charge in [-0.2, -0.15) is 0 Å². The molecule has 4 rings (SSSR count). The first-order chi connectivity index (χ1) is 11.8. The molecule has 0 saturated carbocycles. The van der Waals surface area contributed by atoms with Gasteiger partial charge in [-0.25, -0.2) is 9.97 Å². The summed E-state index contributed by atoms with van der Waals surface area (Å²) in [5.41, 5.74) is 0.857. The molecule has 1 atom stereocenters. The van der Waals surface area contributed by atoms with E-state index in [0.717, 1.165) is 29.6 Å². The minimum absolute atomic E-state index is 0.0760. The van der Waals surface area contributed by atoms with Gasteiger partial charge in [0.1, 0.15) is 6.10 Å². The number of ether oxygens (including phenoxy) is 1. The van der Waals surface area contributed by atoms with Crippen LogP contribution in [0.1, 0.15) is 34.3 Å². The molecule has 0 aromatic carbocycles. The molecule has 2 aromatic heterocycles. The van der Waals surface area contributed by atoms with Crippen molar-refractivity contribution in [1.82, 2.24) is 14.9 Å². The summed E-state index contributed by atoms with van der Waals surface area (Å²) >= 11 is 1.48. The second-order valence-electron chi connectivity index (χ2n) is 6.06. The van der Waals surface area contributed by atoms with Crippen LogP contribution in [0.15, 0.2) is 29.8 Å². The third kappa shape index (κ3) is 3.14. The highest BCUT2D eigenvalue weighted by Gasteiger charge is 2.28. The second kappa shape index (κ2) is 6.86. The van der Waals surface area contributed by atoms with Crippen molar-refractivity contribution in [2.75, 3.05) is 37.7 Å². The fourth-order valence-corrected chi connectivity index (χ4v) is 3.87. The molecule has 0 spiro atoms. The predicted octanol–water partition coefficient (Wildman–Crippen LogP) is 2.35. The minimum Gasteiger partial charge on any atom is -0.368 e. The van der Waals surface area contributed by atoms with E-state index in [-0.39, 0.29) is 12.0 Å². The first-order valence-electron chi connectivity index (χ1n) is 8.33. The summed E-state index contributed by atoms with van der Waals surface area (Å²) in [6.07, 6.45) is 3.99. The van der Waals surface area contributed by atoms with Crippen molar-refractivity contribution in [3.63, 3.8) is 0 Å². The summed E-state index contributed by atoms with van der Waals surface area (Å²) in [5.74, 6) is 0.849. The maximum Gasteiger partial charge on any atom is 0.264 e. The normalized spacial score (nSPS) is 21.2. The largest absolute Gasteiger partial charge is 0.368 e. The molecule has 0 bridgehead atoms. The molecule has 2 fully saturated rings. The molecular weight excluding hydrogens is 324 g/mol. The lowest BCUT2D eigenvalue weighted by atomic mass is 10.2. The Hall–Kier alpha value is -1.99. The Morgan fingerprint density at radius 1 is 1.25 bits per heavy atom. The van der Waals surface area contributed by atoms with Crippen LogP contribution in [-0.2, 0) is 4.74 Å². The van der Waals surface area contributed by atoms with Crippen molar-refractivity contribution in [1.29, 1.82) is 0 Å². The average Bonchev–Trinajstić information content (AvgIpc) is 3.35. The third-order valence-corrected chi connectivity index (χ3v) is 5.33. The van der Waals surface area contributed by atoms with Crippen molar-refractivity contribution in [3.8, 4) is 0 Å². The number of carbonyl (C=O) groups is 1. The quantitative estimate of drug-likeness (QED) is 0.855. The van der Waals surface area contributed by atoms with Crippen molar-refractivity contribution in [3.05, 3.63) is 40.3 Å². The summed E-state index contributed by atoms with van der Waals surface area (Å²) in [7, 11) is 0. The molecule has 1 amide bonds. The van der Waals surface area contributed by atoms with Crippen molar-refractivity contribution >= 4 is 23.2 Å². The Labute approximate surface area is 145 Å². The lowest BCUT2D eigenvalue weighted by Gasteiger charge is -2.32. The lowest BCUT2D eigenvalue weighted by molar-refractivity contribution is -0.0245.